The Bertz CT molecular complexity index is 250. The highest BCUT2D eigenvalue weighted by atomic mass is 16.5. The van der Waals surface area contributed by atoms with Crippen molar-refractivity contribution >= 4 is 0 Å². The van der Waals surface area contributed by atoms with E-state index in [9.17, 15) is 0 Å². The summed E-state index contributed by atoms with van der Waals surface area (Å²) < 4.78 is 10.2. The third-order valence-corrected chi connectivity index (χ3v) is 2.44. The first kappa shape index (κ1) is 13.2. The Balaban J connectivity index is 1.94. The lowest BCUT2D eigenvalue weighted by atomic mass is 10.4. The molecule has 4 nitrogen and oxygen atoms in total. The number of likely N-dealkylation sites (N-methyl/N-ethyl adjacent to an activating group) is 1. The van der Waals surface area contributed by atoms with Crippen LogP contribution in [0.2, 0.25) is 0 Å². The summed E-state index contributed by atoms with van der Waals surface area (Å²) in [6, 6.07) is 3.89. The molecule has 92 valence electrons. The maximum Gasteiger partial charge on any atom is 0.117 e. The van der Waals surface area contributed by atoms with Crippen molar-refractivity contribution in [3.63, 3.8) is 0 Å². The van der Waals surface area contributed by atoms with Crippen LogP contribution in [0.3, 0.4) is 0 Å². The van der Waals surface area contributed by atoms with Gasteiger partial charge in [0.1, 0.15) is 5.76 Å². The minimum Gasteiger partial charge on any atom is -0.468 e. The maximum atomic E-state index is 5.23. The van der Waals surface area contributed by atoms with Crippen LogP contribution in [0.15, 0.2) is 22.8 Å². The summed E-state index contributed by atoms with van der Waals surface area (Å²) in [5.41, 5.74) is 0. The summed E-state index contributed by atoms with van der Waals surface area (Å²) in [6.45, 7) is 4.74. The van der Waals surface area contributed by atoms with Crippen LogP contribution in [0.5, 0.6) is 0 Å². The van der Waals surface area contributed by atoms with Crippen LogP contribution in [0.25, 0.3) is 0 Å². The summed E-state index contributed by atoms with van der Waals surface area (Å²) in [6.07, 6.45) is 2.79. The van der Waals surface area contributed by atoms with E-state index in [-0.39, 0.29) is 0 Å². The van der Waals surface area contributed by atoms with Gasteiger partial charge in [-0.25, -0.2) is 0 Å². The van der Waals surface area contributed by atoms with Gasteiger partial charge in [-0.1, -0.05) is 0 Å². The molecule has 0 spiro atoms. The van der Waals surface area contributed by atoms with Gasteiger partial charge in [-0.3, -0.25) is 0 Å². The fourth-order valence-electron chi connectivity index (χ4n) is 1.49. The SMILES string of the molecule is COCCCN(C)CCNCc1ccco1. The predicted octanol–water partition coefficient (Wildman–Crippen LogP) is 1.34. The van der Waals surface area contributed by atoms with Gasteiger partial charge >= 0.3 is 0 Å². The van der Waals surface area contributed by atoms with Crippen LogP contribution in [0, 0.1) is 0 Å². The van der Waals surface area contributed by atoms with Gasteiger partial charge in [-0.15, -0.1) is 0 Å². The Morgan fingerprint density at radius 2 is 2.31 bits per heavy atom. The molecule has 0 amide bonds. The van der Waals surface area contributed by atoms with Crippen molar-refractivity contribution in [2.45, 2.75) is 13.0 Å². The number of hydrogen-bond donors (Lipinski definition) is 1. The number of ether oxygens (including phenoxy) is 1. The van der Waals surface area contributed by atoms with Crippen LogP contribution < -0.4 is 5.32 Å². The van der Waals surface area contributed by atoms with E-state index >= 15 is 0 Å². The monoisotopic (exact) mass is 226 g/mol. The van der Waals surface area contributed by atoms with Gasteiger partial charge in [0.05, 0.1) is 12.8 Å². The van der Waals surface area contributed by atoms with Crippen molar-refractivity contribution in [3.05, 3.63) is 24.2 Å². The molecule has 0 bridgehead atoms. The number of nitrogens with zero attached hydrogens (tertiary/aromatic N) is 1. The first-order valence-corrected chi connectivity index (χ1v) is 5.73. The first-order chi connectivity index (χ1) is 7.83. The van der Waals surface area contributed by atoms with Gasteiger partial charge in [-0.05, 0) is 25.6 Å². The molecular weight excluding hydrogens is 204 g/mol. The molecule has 0 aromatic carbocycles. The molecule has 0 atom stereocenters. The zero-order valence-electron chi connectivity index (χ0n) is 10.2. The van der Waals surface area contributed by atoms with Gasteiger partial charge < -0.3 is 19.4 Å². The van der Waals surface area contributed by atoms with Crippen LogP contribution in [0.1, 0.15) is 12.2 Å². The molecule has 4 heteroatoms. The summed E-state index contributed by atoms with van der Waals surface area (Å²) in [4.78, 5) is 2.30. The maximum absolute atomic E-state index is 5.23. The Labute approximate surface area is 97.6 Å². The molecule has 0 unspecified atom stereocenters. The number of rotatable bonds is 9. The minimum atomic E-state index is 0.804. The Morgan fingerprint density at radius 1 is 1.44 bits per heavy atom. The van der Waals surface area contributed by atoms with Crippen LogP contribution >= 0.6 is 0 Å². The Kier molecular flexibility index (Phi) is 6.88. The summed E-state index contributed by atoms with van der Waals surface area (Å²) in [5, 5.41) is 3.34. The summed E-state index contributed by atoms with van der Waals surface area (Å²) in [7, 11) is 3.87. The van der Waals surface area contributed by atoms with Gasteiger partial charge in [0, 0.05) is 33.4 Å². The second-order valence-electron chi connectivity index (χ2n) is 3.91. The summed E-state index contributed by atoms with van der Waals surface area (Å²) >= 11 is 0. The van der Waals surface area contributed by atoms with Crippen molar-refractivity contribution in [3.8, 4) is 0 Å². The first-order valence-electron chi connectivity index (χ1n) is 5.73. The number of methoxy groups -OCH3 is 1. The molecule has 0 radical (unpaired) electrons. The fraction of sp³-hybridized carbons (Fsp3) is 0.667. The number of nitrogens with one attached hydrogen (secondary N) is 1. The molecular formula is C12H22N2O2. The second kappa shape index (κ2) is 8.33. The Morgan fingerprint density at radius 3 is 3.00 bits per heavy atom. The normalized spacial score (nSPS) is 11.2. The highest BCUT2D eigenvalue weighted by molar-refractivity contribution is 4.97. The molecule has 16 heavy (non-hydrogen) atoms. The number of furan rings is 1. The van der Waals surface area contributed by atoms with E-state index in [0.29, 0.717) is 0 Å². The zero-order chi connectivity index (χ0) is 11.6. The minimum absolute atomic E-state index is 0.804. The molecule has 1 aromatic heterocycles. The van der Waals surface area contributed by atoms with Crippen molar-refractivity contribution in [1.29, 1.82) is 0 Å². The van der Waals surface area contributed by atoms with Gasteiger partial charge in [0.2, 0.25) is 0 Å². The lowest BCUT2D eigenvalue weighted by Gasteiger charge is -2.16. The van der Waals surface area contributed by atoms with E-state index in [0.717, 1.165) is 45.0 Å². The van der Waals surface area contributed by atoms with Crippen molar-refractivity contribution in [2.75, 3.05) is 40.4 Å². The van der Waals surface area contributed by atoms with Gasteiger partial charge in [-0.2, -0.15) is 0 Å². The summed E-state index contributed by atoms with van der Waals surface area (Å²) in [5.74, 6) is 0.988. The quantitative estimate of drug-likeness (QED) is 0.645. The van der Waals surface area contributed by atoms with Gasteiger partial charge in [0.15, 0.2) is 0 Å². The fourth-order valence-corrected chi connectivity index (χ4v) is 1.49. The molecule has 1 rings (SSSR count). The molecule has 0 aliphatic heterocycles. The average molecular weight is 226 g/mol. The van der Waals surface area contributed by atoms with Gasteiger partial charge in [0.25, 0.3) is 0 Å². The Hall–Kier alpha value is -0.840. The molecule has 0 aliphatic rings. The molecule has 1 heterocycles. The van der Waals surface area contributed by atoms with Crippen molar-refractivity contribution < 1.29 is 9.15 Å². The zero-order valence-corrected chi connectivity index (χ0v) is 10.2. The third-order valence-electron chi connectivity index (χ3n) is 2.44. The smallest absolute Gasteiger partial charge is 0.117 e. The van der Waals surface area contributed by atoms with Crippen molar-refractivity contribution in [1.82, 2.24) is 10.2 Å². The molecule has 1 N–H and O–H groups in total. The largest absolute Gasteiger partial charge is 0.468 e. The predicted molar refractivity (Wildman–Crippen MR) is 64.4 cm³/mol. The van der Waals surface area contributed by atoms with Crippen LogP contribution in [0.4, 0.5) is 0 Å². The van der Waals surface area contributed by atoms with E-state index in [4.69, 9.17) is 9.15 Å². The highest BCUT2D eigenvalue weighted by Crippen LogP contribution is 1.98. The lowest BCUT2D eigenvalue weighted by molar-refractivity contribution is 0.179. The average Bonchev–Trinajstić information content (AvgIpc) is 2.78. The van der Waals surface area contributed by atoms with E-state index < -0.39 is 0 Å². The molecule has 0 fully saturated rings. The number of hydrogen-bond acceptors (Lipinski definition) is 4. The highest BCUT2D eigenvalue weighted by Gasteiger charge is 1.98. The van der Waals surface area contributed by atoms with Crippen molar-refractivity contribution in [2.24, 2.45) is 0 Å². The molecule has 1 aromatic rings. The molecule has 0 saturated heterocycles. The molecule has 0 saturated carbocycles. The standard InChI is InChI=1S/C12H22N2O2/c1-14(7-4-9-15-2)8-6-13-11-12-5-3-10-16-12/h3,5,10,13H,4,6-9,11H2,1-2H3. The molecule has 0 aliphatic carbocycles. The van der Waals surface area contributed by atoms with Crippen LogP contribution in [-0.4, -0.2) is 45.3 Å². The van der Waals surface area contributed by atoms with E-state index in [1.807, 2.05) is 12.1 Å². The van der Waals surface area contributed by atoms with E-state index in [1.54, 1.807) is 13.4 Å². The van der Waals surface area contributed by atoms with E-state index in [2.05, 4.69) is 17.3 Å². The second-order valence-corrected chi connectivity index (χ2v) is 3.91. The lowest BCUT2D eigenvalue weighted by Crippen LogP contribution is -2.30. The van der Waals surface area contributed by atoms with Crippen LogP contribution in [-0.2, 0) is 11.3 Å². The van der Waals surface area contributed by atoms with E-state index in [1.165, 1.54) is 0 Å². The topological polar surface area (TPSA) is 37.6 Å². The third kappa shape index (κ3) is 5.90.